The second-order valence-corrected chi connectivity index (χ2v) is 12.5. The van der Waals surface area contributed by atoms with Gasteiger partial charge in [-0.2, -0.15) is 0 Å². The summed E-state index contributed by atoms with van der Waals surface area (Å²) in [6.07, 6.45) is 2.18. The molecular weight excluding hydrogens is 558 g/mol. The number of ether oxygens (including phenoxy) is 1. The van der Waals surface area contributed by atoms with Gasteiger partial charge in [0.1, 0.15) is 5.75 Å². The highest BCUT2D eigenvalue weighted by Crippen LogP contribution is 2.33. The van der Waals surface area contributed by atoms with E-state index in [1.54, 1.807) is 30.0 Å². The van der Waals surface area contributed by atoms with Crippen LogP contribution in [0.25, 0.3) is 16.8 Å². The van der Waals surface area contributed by atoms with Gasteiger partial charge in [0.25, 0.3) is 0 Å². The maximum absolute atomic E-state index is 12.3. The van der Waals surface area contributed by atoms with Crippen molar-refractivity contribution in [3.63, 3.8) is 0 Å². The highest BCUT2D eigenvalue weighted by atomic mass is 32.2. The molecule has 1 aliphatic heterocycles. The average molecular weight is 596 g/mol. The number of aromatic nitrogens is 3. The van der Waals surface area contributed by atoms with Crippen LogP contribution in [-0.2, 0) is 16.6 Å². The maximum atomic E-state index is 12.3. The minimum absolute atomic E-state index is 0.219. The molecule has 12 nitrogen and oxygen atoms in total. The van der Waals surface area contributed by atoms with Crippen molar-refractivity contribution < 1.29 is 23.4 Å². The molecule has 2 aromatic heterocycles. The molecule has 3 N–H and O–H groups in total. The normalized spacial score (nSPS) is 15.5. The van der Waals surface area contributed by atoms with Crippen LogP contribution >= 0.6 is 0 Å². The predicted octanol–water partition coefficient (Wildman–Crippen LogP) is 2.02. The van der Waals surface area contributed by atoms with Gasteiger partial charge < -0.3 is 20.3 Å². The lowest BCUT2D eigenvalue weighted by Crippen LogP contribution is -2.48. The summed E-state index contributed by atoms with van der Waals surface area (Å²) >= 11 is 0. The van der Waals surface area contributed by atoms with Crippen LogP contribution in [0.5, 0.6) is 5.75 Å². The molecule has 4 aromatic rings. The van der Waals surface area contributed by atoms with E-state index in [0.29, 0.717) is 29.6 Å². The Morgan fingerprint density at radius 2 is 1.81 bits per heavy atom. The Morgan fingerprint density at radius 1 is 1.07 bits per heavy atom. The number of sulfonamides is 1. The molecule has 2 aromatic carbocycles. The van der Waals surface area contributed by atoms with Crippen LogP contribution in [0.4, 0.5) is 17.3 Å². The van der Waals surface area contributed by atoms with Crippen LogP contribution in [0.3, 0.4) is 0 Å². The van der Waals surface area contributed by atoms with E-state index in [2.05, 4.69) is 20.1 Å². The molecule has 0 unspecified atom stereocenters. The summed E-state index contributed by atoms with van der Waals surface area (Å²) in [6, 6.07) is 17.1. The number of nitrogens with one attached hydrogen (secondary N) is 1. The van der Waals surface area contributed by atoms with Crippen molar-refractivity contribution >= 4 is 32.9 Å². The summed E-state index contributed by atoms with van der Waals surface area (Å²) in [5, 5.41) is 26.8. The highest BCUT2D eigenvalue weighted by Gasteiger charge is 2.21. The average Bonchev–Trinajstić information content (AvgIpc) is 3.41. The molecule has 0 bridgehead atoms. The molecule has 0 spiro atoms. The van der Waals surface area contributed by atoms with Crippen LogP contribution in [0.2, 0.25) is 0 Å². The third kappa shape index (κ3) is 6.66. The number of para-hydroxylation sites is 1. The van der Waals surface area contributed by atoms with E-state index in [1.165, 1.54) is 17.6 Å². The monoisotopic (exact) mass is 595 g/mol. The summed E-state index contributed by atoms with van der Waals surface area (Å²) in [4.78, 5) is 9.00. The molecule has 0 radical (unpaired) electrons. The first-order valence-electron chi connectivity index (χ1n) is 13.7. The van der Waals surface area contributed by atoms with Crippen LogP contribution in [0.1, 0.15) is 5.56 Å². The number of hydrogen-bond acceptors (Lipinski definition) is 10. The SMILES string of the molecule is COc1cc(CN2CCN(C[C@@H](O)CO)CC2)ccc1Nc1ncc2ccc(-c3ccccc3N(C)S(C)(=O)=O)n2n1. The molecule has 5 rings (SSSR count). The third-order valence-electron chi connectivity index (χ3n) is 7.48. The first kappa shape index (κ1) is 29.7. The van der Waals surface area contributed by atoms with Crippen LogP contribution in [-0.4, -0.2) is 109 Å². The van der Waals surface area contributed by atoms with Crippen molar-refractivity contribution in [1.29, 1.82) is 0 Å². The number of anilines is 3. The first-order chi connectivity index (χ1) is 20.2. The Morgan fingerprint density at radius 3 is 2.52 bits per heavy atom. The zero-order valence-corrected chi connectivity index (χ0v) is 24.8. The number of nitrogens with zero attached hydrogens (tertiary/aromatic N) is 6. The Bertz CT molecular complexity index is 1640. The van der Waals surface area contributed by atoms with Gasteiger partial charge in [0, 0.05) is 51.9 Å². The molecule has 1 atom stereocenters. The zero-order chi connectivity index (χ0) is 29.9. The Kier molecular flexibility index (Phi) is 8.94. The van der Waals surface area contributed by atoms with Crippen LogP contribution < -0.4 is 14.4 Å². The van der Waals surface area contributed by atoms with Gasteiger partial charge in [-0.15, -0.1) is 5.10 Å². The van der Waals surface area contributed by atoms with Gasteiger partial charge in [0.05, 0.1) is 54.9 Å². The van der Waals surface area contributed by atoms with Gasteiger partial charge in [-0.3, -0.25) is 14.1 Å². The van der Waals surface area contributed by atoms with E-state index in [9.17, 15) is 13.5 Å². The lowest BCUT2D eigenvalue weighted by Gasteiger charge is -2.35. The number of benzene rings is 2. The summed E-state index contributed by atoms with van der Waals surface area (Å²) in [5.74, 6) is 1.02. The summed E-state index contributed by atoms with van der Waals surface area (Å²) in [6.45, 7) is 4.45. The molecule has 1 aliphatic rings. The van der Waals surface area contributed by atoms with Crippen LogP contribution in [0.15, 0.2) is 60.8 Å². The van der Waals surface area contributed by atoms with Gasteiger partial charge in [0.15, 0.2) is 0 Å². The maximum Gasteiger partial charge on any atom is 0.245 e. The van der Waals surface area contributed by atoms with Crippen molar-refractivity contribution in [3.05, 3.63) is 66.4 Å². The highest BCUT2D eigenvalue weighted by molar-refractivity contribution is 7.92. The number of β-amino-alcohol motifs (C(OH)–C–C–N with tert-alkyl or cyclic N) is 1. The summed E-state index contributed by atoms with van der Waals surface area (Å²) in [5.41, 5.74) is 4.60. The van der Waals surface area contributed by atoms with Gasteiger partial charge in [-0.25, -0.2) is 17.9 Å². The van der Waals surface area contributed by atoms with E-state index < -0.39 is 16.1 Å². The quantitative estimate of drug-likeness (QED) is 0.236. The number of fused-ring (bicyclic) bond motifs is 1. The second-order valence-electron chi connectivity index (χ2n) is 10.5. The third-order valence-corrected chi connectivity index (χ3v) is 8.67. The van der Waals surface area contributed by atoms with Gasteiger partial charge >= 0.3 is 0 Å². The van der Waals surface area contributed by atoms with E-state index >= 15 is 0 Å². The lowest BCUT2D eigenvalue weighted by molar-refractivity contribution is 0.0383. The topological polar surface area (TPSA) is 136 Å². The Hall–Kier alpha value is -3.75. The minimum atomic E-state index is -3.46. The number of rotatable bonds is 11. The van der Waals surface area contributed by atoms with Crippen molar-refractivity contribution in [2.75, 3.05) is 69.4 Å². The van der Waals surface area contributed by atoms with Crippen molar-refractivity contribution in [2.45, 2.75) is 12.6 Å². The molecular formula is C29H37N7O5S. The molecule has 0 saturated carbocycles. The Labute approximate surface area is 245 Å². The van der Waals surface area contributed by atoms with Crippen molar-refractivity contribution in [2.24, 2.45) is 0 Å². The molecule has 0 aliphatic carbocycles. The fraction of sp³-hybridized carbons (Fsp3) is 0.379. The lowest BCUT2D eigenvalue weighted by atomic mass is 10.1. The molecule has 42 heavy (non-hydrogen) atoms. The molecule has 1 saturated heterocycles. The number of aliphatic hydroxyl groups excluding tert-OH is 2. The second kappa shape index (κ2) is 12.6. The van der Waals surface area contributed by atoms with Crippen molar-refractivity contribution in [1.82, 2.24) is 24.4 Å². The van der Waals surface area contributed by atoms with E-state index in [-0.39, 0.29) is 6.61 Å². The predicted molar refractivity (Wildman–Crippen MR) is 163 cm³/mol. The van der Waals surface area contributed by atoms with Crippen LogP contribution in [0, 0.1) is 0 Å². The molecule has 224 valence electrons. The molecule has 0 amide bonds. The molecule has 1 fully saturated rings. The smallest absolute Gasteiger partial charge is 0.245 e. The largest absolute Gasteiger partial charge is 0.495 e. The number of piperazine rings is 1. The van der Waals surface area contributed by atoms with E-state index in [4.69, 9.17) is 14.9 Å². The Balaban J connectivity index is 1.33. The number of methoxy groups -OCH3 is 1. The van der Waals surface area contributed by atoms with E-state index in [0.717, 1.165) is 55.1 Å². The van der Waals surface area contributed by atoms with Gasteiger partial charge in [-0.05, 0) is 35.9 Å². The number of hydrogen-bond donors (Lipinski definition) is 3. The molecule has 13 heteroatoms. The first-order valence-corrected chi connectivity index (χ1v) is 15.6. The minimum Gasteiger partial charge on any atom is -0.495 e. The number of aliphatic hydroxyl groups is 2. The fourth-order valence-electron chi connectivity index (χ4n) is 5.11. The molecule has 3 heterocycles. The van der Waals surface area contributed by atoms with E-state index in [1.807, 2.05) is 42.5 Å². The summed E-state index contributed by atoms with van der Waals surface area (Å²) < 4.78 is 33.3. The van der Waals surface area contributed by atoms with Gasteiger partial charge in [-0.1, -0.05) is 24.3 Å². The van der Waals surface area contributed by atoms with Gasteiger partial charge in [0.2, 0.25) is 16.0 Å². The standard InChI is InChI=1S/C29H37N7O5S/c1-33(42(3,39)40)26-7-5-4-6-24(26)27-11-9-22-17-30-29(32-36(22)27)31-25-10-8-21(16-28(25)41-2)18-34-12-14-35(15-13-34)19-23(38)20-37/h4-11,16-17,23,37-38H,12-15,18-20H2,1-3H3,(H,31,32)/t23-/m1/s1. The fourth-order valence-corrected chi connectivity index (χ4v) is 5.62. The van der Waals surface area contributed by atoms with Crippen molar-refractivity contribution in [3.8, 4) is 17.0 Å². The summed E-state index contributed by atoms with van der Waals surface area (Å²) in [7, 11) is -0.300. The zero-order valence-electron chi connectivity index (χ0n) is 24.0.